The van der Waals surface area contributed by atoms with E-state index in [1.54, 1.807) is 18.3 Å². The maximum Gasteiger partial charge on any atom is 0.271 e. The summed E-state index contributed by atoms with van der Waals surface area (Å²) in [5.74, 6) is 1.17. The molecule has 0 bridgehead atoms. The van der Waals surface area contributed by atoms with E-state index in [9.17, 15) is 9.59 Å². The van der Waals surface area contributed by atoms with Gasteiger partial charge in [0, 0.05) is 12.6 Å². The van der Waals surface area contributed by atoms with Crippen LogP contribution < -0.4 is 10.1 Å². The molecule has 5 rings (SSSR count). The number of ether oxygens (including phenoxy) is 1. The molecule has 2 aromatic heterocycles. The maximum atomic E-state index is 13.9. The second-order valence-corrected chi connectivity index (χ2v) is 9.84. The number of aromatic nitrogens is 1. The smallest absolute Gasteiger partial charge is 0.271 e. The van der Waals surface area contributed by atoms with Gasteiger partial charge in [-0.3, -0.25) is 9.59 Å². The van der Waals surface area contributed by atoms with E-state index in [1.165, 1.54) is 12.8 Å². The Kier molecular flexibility index (Phi) is 6.41. The zero-order valence-corrected chi connectivity index (χ0v) is 20.5. The van der Waals surface area contributed by atoms with Crippen molar-refractivity contribution in [3.8, 4) is 17.2 Å². The first-order valence-electron chi connectivity index (χ1n) is 12.5. The molecule has 1 N–H and O–H groups in total. The molecule has 35 heavy (non-hydrogen) atoms. The summed E-state index contributed by atoms with van der Waals surface area (Å²) >= 11 is 0. The fraction of sp³-hybridized carbons (Fsp3) is 0.429. The lowest BCUT2D eigenvalue weighted by atomic mass is 9.92. The van der Waals surface area contributed by atoms with Crippen molar-refractivity contribution in [3.05, 3.63) is 66.1 Å². The van der Waals surface area contributed by atoms with Crippen LogP contribution in [0.2, 0.25) is 0 Å². The van der Waals surface area contributed by atoms with Gasteiger partial charge in [-0.15, -0.1) is 0 Å². The number of methoxy groups -OCH3 is 1. The molecule has 0 unspecified atom stereocenters. The summed E-state index contributed by atoms with van der Waals surface area (Å²) in [4.78, 5) is 29.5. The van der Waals surface area contributed by atoms with E-state index in [0.717, 1.165) is 42.7 Å². The van der Waals surface area contributed by atoms with Gasteiger partial charge in [0.15, 0.2) is 0 Å². The van der Waals surface area contributed by atoms with Crippen LogP contribution in [0.15, 0.2) is 59.2 Å². The van der Waals surface area contributed by atoms with E-state index >= 15 is 0 Å². The minimum atomic E-state index is -1.06. The third kappa shape index (κ3) is 4.47. The topological polar surface area (TPSA) is 76.7 Å². The Hall–Kier alpha value is -3.48. The van der Waals surface area contributed by atoms with Gasteiger partial charge in [-0.05, 0) is 61.7 Å². The number of nitrogens with one attached hydrogen (secondary N) is 1. The Morgan fingerprint density at radius 3 is 2.43 bits per heavy atom. The van der Waals surface area contributed by atoms with Crippen molar-refractivity contribution in [1.29, 1.82) is 0 Å². The van der Waals surface area contributed by atoms with Gasteiger partial charge in [0.1, 0.15) is 22.7 Å². The Morgan fingerprint density at radius 1 is 1.06 bits per heavy atom. The molecule has 1 aliphatic heterocycles. The molecule has 7 nitrogen and oxygen atoms in total. The molecule has 1 aromatic carbocycles. The van der Waals surface area contributed by atoms with Gasteiger partial charge in [-0.25, -0.2) is 0 Å². The standard InChI is InChI=1S/C28H33N3O4/c1-28(27(33)29-21-8-5-3-4-6-9-21)19-30-23(25-10-7-17-35-25)15-16-24(30)26(32)31(28)18-20-11-13-22(34-2)14-12-20/h7,10-17,21H,3-6,8-9,18-19H2,1-2H3,(H,29,33)/t28-/m0/s1. The highest BCUT2D eigenvalue weighted by atomic mass is 16.5. The van der Waals surface area contributed by atoms with Crippen molar-refractivity contribution in [2.75, 3.05) is 7.11 Å². The average molecular weight is 476 g/mol. The molecule has 3 heterocycles. The number of fused-ring (bicyclic) bond motifs is 1. The largest absolute Gasteiger partial charge is 0.497 e. The molecule has 2 aliphatic rings. The summed E-state index contributed by atoms with van der Waals surface area (Å²) in [6.45, 7) is 2.57. The zero-order valence-electron chi connectivity index (χ0n) is 20.5. The van der Waals surface area contributed by atoms with Gasteiger partial charge in [-0.1, -0.05) is 37.8 Å². The lowest BCUT2D eigenvalue weighted by Crippen LogP contribution is -2.64. The van der Waals surface area contributed by atoms with Gasteiger partial charge in [-0.2, -0.15) is 0 Å². The predicted molar refractivity (Wildman–Crippen MR) is 133 cm³/mol. The number of benzene rings is 1. The van der Waals surface area contributed by atoms with E-state index in [1.807, 2.05) is 60.0 Å². The van der Waals surface area contributed by atoms with Crippen molar-refractivity contribution < 1.29 is 18.7 Å². The highest BCUT2D eigenvalue weighted by Gasteiger charge is 2.48. The number of carbonyl (C=O) groups is 2. The number of amides is 2. The number of nitrogens with zero attached hydrogens (tertiary/aromatic N) is 2. The van der Waals surface area contributed by atoms with Crippen molar-refractivity contribution in [1.82, 2.24) is 14.8 Å². The maximum absolute atomic E-state index is 13.9. The fourth-order valence-corrected chi connectivity index (χ4v) is 5.34. The lowest BCUT2D eigenvalue weighted by Gasteiger charge is -2.45. The van der Waals surface area contributed by atoms with Crippen LogP contribution in [0.4, 0.5) is 0 Å². The number of rotatable bonds is 6. The third-order valence-electron chi connectivity index (χ3n) is 7.46. The Bertz CT molecular complexity index is 1170. The molecule has 7 heteroatoms. The van der Waals surface area contributed by atoms with Gasteiger partial charge in [0.05, 0.1) is 25.6 Å². The molecule has 2 amide bonds. The fourth-order valence-electron chi connectivity index (χ4n) is 5.34. The first-order valence-corrected chi connectivity index (χ1v) is 12.5. The molecule has 1 saturated carbocycles. The summed E-state index contributed by atoms with van der Waals surface area (Å²) in [6.07, 6.45) is 8.27. The summed E-state index contributed by atoms with van der Waals surface area (Å²) in [5.41, 5.74) is 1.25. The first kappa shape index (κ1) is 23.3. The number of carbonyl (C=O) groups excluding carboxylic acids is 2. The summed E-state index contributed by atoms with van der Waals surface area (Å²) in [7, 11) is 1.63. The van der Waals surface area contributed by atoms with Crippen LogP contribution >= 0.6 is 0 Å². The molecule has 0 spiro atoms. The van der Waals surface area contributed by atoms with Crippen molar-refractivity contribution in [3.63, 3.8) is 0 Å². The van der Waals surface area contributed by atoms with Crippen LogP contribution in [0.5, 0.6) is 5.75 Å². The van der Waals surface area contributed by atoms with Crippen LogP contribution in [0.25, 0.3) is 11.5 Å². The van der Waals surface area contributed by atoms with Crippen LogP contribution in [-0.2, 0) is 17.9 Å². The van der Waals surface area contributed by atoms with E-state index in [2.05, 4.69) is 5.32 Å². The quantitative estimate of drug-likeness (QED) is 0.509. The molecule has 1 atom stereocenters. The number of furan rings is 1. The van der Waals surface area contributed by atoms with E-state index in [-0.39, 0.29) is 17.9 Å². The molecule has 0 radical (unpaired) electrons. The highest BCUT2D eigenvalue weighted by Crippen LogP contribution is 2.35. The lowest BCUT2D eigenvalue weighted by molar-refractivity contribution is -0.134. The Morgan fingerprint density at radius 2 is 1.77 bits per heavy atom. The van der Waals surface area contributed by atoms with Gasteiger partial charge in [0.2, 0.25) is 5.91 Å². The van der Waals surface area contributed by atoms with Crippen LogP contribution in [0, 0.1) is 0 Å². The van der Waals surface area contributed by atoms with Gasteiger partial charge in [0.25, 0.3) is 5.91 Å². The SMILES string of the molecule is COc1ccc(CN2C(=O)c3ccc(-c4ccco4)n3C[C@@]2(C)C(=O)NC2CCCCCC2)cc1. The summed E-state index contributed by atoms with van der Waals surface area (Å²) < 4.78 is 12.8. The molecule has 0 saturated heterocycles. The van der Waals surface area contributed by atoms with Crippen molar-refractivity contribution in [2.24, 2.45) is 0 Å². The Labute approximate surface area is 206 Å². The van der Waals surface area contributed by atoms with Gasteiger partial charge >= 0.3 is 0 Å². The molecular formula is C28H33N3O4. The average Bonchev–Trinajstić information content (AvgIpc) is 3.47. The second-order valence-electron chi connectivity index (χ2n) is 9.84. The van der Waals surface area contributed by atoms with Crippen LogP contribution in [0.1, 0.15) is 61.5 Å². The van der Waals surface area contributed by atoms with Crippen LogP contribution in [0.3, 0.4) is 0 Å². The third-order valence-corrected chi connectivity index (χ3v) is 7.46. The normalized spacial score (nSPS) is 20.9. The number of hydrogen-bond acceptors (Lipinski definition) is 4. The molecule has 3 aromatic rings. The minimum absolute atomic E-state index is 0.101. The second kappa shape index (κ2) is 9.64. The van der Waals surface area contributed by atoms with Crippen molar-refractivity contribution >= 4 is 11.8 Å². The number of hydrogen-bond donors (Lipinski definition) is 1. The van der Waals surface area contributed by atoms with E-state index in [0.29, 0.717) is 24.5 Å². The van der Waals surface area contributed by atoms with Gasteiger partial charge < -0.3 is 23.9 Å². The monoisotopic (exact) mass is 475 g/mol. The first-order chi connectivity index (χ1) is 17.0. The molecule has 1 fully saturated rings. The highest BCUT2D eigenvalue weighted by molar-refractivity contribution is 6.00. The summed E-state index contributed by atoms with van der Waals surface area (Å²) in [6, 6.07) is 15.2. The van der Waals surface area contributed by atoms with E-state index in [4.69, 9.17) is 9.15 Å². The Balaban J connectivity index is 1.50. The summed E-state index contributed by atoms with van der Waals surface area (Å²) in [5, 5.41) is 3.31. The minimum Gasteiger partial charge on any atom is -0.497 e. The van der Waals surface area contributed by atoms with Crippen LogP contribution in [-0.4, -0.2) is 40.0 Å². The molecule has 1 aliphatic carbocycles. The zero-order chi connectivity index (χ0) is 24.4. The van der Waals surface area contributed by atoms with Crippen molar-refractivity contribution in [2.45, 2.75) is 70.1 Å². The predicted octanol–water partition coefficient (Wildman–Crippen LogP) is 5.01. The molecular weight excluding hydrogens is 442 g/mol. The van der Waals surface area contributed by atoms with E-state index < -0.39 is 5.54 Å². The molecule has 184 valence electrons.